The van der Waals surface area contributed by atoms with Gasteiger partial charge in [0.15, 0.2) is 0 Å². The van der Waals surface area contributed by atoms with Crippen LogP contribution in [-0.4, -0.2) is 39.6 Å². The van der Waals surface area contributed by atoms with Crippen LogP contribution in [0.5, 0.6) is 0 Å². The fourth-order valence-corrected chi connectivity index (χ4v) is 2.16. The molecule has 2 aromatic rings. The van der Waals surface area contributed by atoms with Crippen molar-refractivity contribution in [1.82, 2.24) is 9.88 Å². The Kier molecular flexibility index (Phi) is 3.62. The van der Waals surface area contributed by atoms with Crippen molar-refractivity contribution >= 4 is 16.8 Å². The average Bonchev–Trinajstić information content (AvgIpc) is 2.81. The Morgan fingerprint density at radius 3 is 2.74 bits per heavy atom. The number of aromatic nitrogens is 1. The Morgan fingerprint density at radius 2 is 2.11 bits per heavy atom. The third kappa shape index (κ3) is 3.15. The quantitative estimate of drug-likeness (QED) is 0.887. The first-order chi connectivity index (χ1) is 8.90. The van der Waals surface area contributed by atoms with E-state index in [1.165, 1.54) is 0 Å². The van der Waals surface area contributed by atoms with E-state index < -0.39 is 5.60 Å². The fraction of sp³-hybridized carbons (Fsp3) is 0.400. The number of likely N-dealkylation sites (N-methyl/N-ethyl adjacent to an activating group) is 1. The van der Waals surface area contributed by atoms with Crippen LogP contribution in [0.3, 0.4) is 0 Å². The summed E-state index contributed by atoms with van der Waals surface area (Å²) in [5.41, 5.74) is 0.782. The lowest BCUT2D eigenvalue weighted by Crippen LogP contribution is -2.42. The van der Waals surface area contributed by atoms with Crippen molar-refractivity contribution in [2.45, 2.75) is 26.4 Å². The van der Waals surface area contributed by atoms with Gasteiger partial charge in [0.05, 0.1) is 5.60 Å². The standard InChI is InChI=1S/C15H20N2O2/c1-4-17(10-15(2,3)19)14(18)12-5-6-13-11(9-12)7-8-16-13/h5-9,16,19H,4,10H2,1-3H3. The molecule has 4 nitrogen and oxygen atoms in total. The number of nitrogens with one attached hydrogen (secondary N) is 1. The summed E-state index contributed by atoms with van der Waals surface area (Å²) in [5, 5.41) is 10.9. The molecule has 0 aliphatic carbocycles. The summed E-state index contributed by atoms with van der Waals surface area (Å²) >= 11 is 0. The molecule has 4 heteroatoms. The summed E-state index contributed by atoms with van der Waals surface area (Å²) in [7, 11) is 0. The summed E-state index contributed by atoms with van der Waals surface area (Å²) in [6, 6.07) is 7.54. The number of hydrogen-bond acceptors (Lipinski definition) is 2. The highest BCUT2D eigenvalue weighted by atomic mass is 16.3. The smallest absolute Gasteiger partial charge is 0.253 e. The molecule has 0 unspecified atom stereocenters. The second kappa shape index (κ2) is 5.05. The SMILES string of the molecule is CCN(CC(C)(C)O)C(=O)c1ccc2[nH]ccc2c1. The Hall–Kier alpha value is -1.81. The number of rotatable bonds is 4. The maximum absolute atomic E-state index is 12.4. The monoisotopic (exact) mass is 260 g/mol. The summed E-state index contributed by atoms with van der Waals surface area (Å²) in [6.07, 6.45) is 1.85. The number of amides is 1. The molecule has 0 bridgehead atoms. The van der Waals surface area contributed by atoms with Crippen LogP contribution >= 0.6 is 0 Å². The van der Waals surface area contributed by atoms with Crippen LogP contribution in [-0.2, 0) is 0 Å². The van der Waals surface area contributed by atoms with Crippen molar-refractivity contribution in [3.8, 4) is 0 Å². The molecule has 0 saturated heterocycles. The molecule has 1 aromatic heterocycles. The largest absolute Gasteiger partial charge is 0.389 e. The van der Waals surface area contributed by atoms with Crippen LogP contribution in [0.1, 0.15) is 31.1 Å². The lowest BCUT2D eigenvalue weighted by Gasteiger charge is -2.28. The Labute approximate surface area is 113 Å². The van der Waals surface area contributed by atoms with E-state index in [1.807, 2.05) is 37.4 Å². The predicted octanol–water partition coefficient (Wildman–Crippen LogP) is 2.40. The van der Waals surface area contributed by atoms with E-state index in [4.69, 9.17) is 0 Å². The number of aromatic amines is 1. The molecule has 1 aromatic carbocycles. The van der Waals surface area contributed by atoms with E-state index in [-0.39, 0.29) is 5.91 Å². The molecular formula is C15H20N2O2. The number of aliphatic hydroxyl groups is 1. The highest BCUT2D eigenvalue weighted by Crippen LogP contribution is 2.16. The minimum absolute atomic E-state index is 0.0484. The third-order valence-corrected chi connectivity index (χ3v) is 3.05. The number of benzene rings is 1. The van der Waals surface area contributed by atoms with Crippen LogP contribution in [0.4, 0.5) is 0 Å². The average molecular weight is 260 g/mol. The molecule has 19 heavy (non-hydrogen) atoms. The zero-order valence-corrected chi connectivity index (χ0v) is 11.6. The van der Waals surface area contributed by atoms with Gasteiger partial charge in [0, 0.05) is 35.8 Å². The fourth-order valence-electron chi connectivity index (χ4n) is 2.16. The van der Waals surface area contributed by atoms with Crippen molar-refractivity contribution < 1.29 is 9.90 Å². The van der Waals surface area contributed by atoms with E-state index in [1.54, 1.807) is 18.7 Å². The lowest BCUT2D eigenvalue weighted by atomic mass is 10.1. The van der Waals surface area contributed by atoms with E-state index >= 15 is 0 Å². The van der Waals surface area contributed by atoms with Crippen molar-refractivity contribution in [3.63, 3.8) is 0 Å². The Balaban J connectivity index is 2.25. The van der Waals surface area contributed by atoms with Crippen molar-refractivity contribution in [1.29, 1.82) is 0 Å². The molecule has 0 spiro atoms. The minimum Gasteiger partial charge on any atom is -0.389 e. The van der Waals surface area contributed by atoms with Gasteiger partial charge in [-0.3, -0.25) is 4.79 Å². The van der Waals surface area contributed by atoms with E-state index in [9.17, 15) is 9.90 Å². The van der Waals surface area contributed by atoms with Crippen LogP contribution in [0.25, 0.3) is 10.9 Å². The number of fused-ring (bicyclic) bond motifs is 1. The van der Waals surface area contributed by atoms with Crippen LogP contribution < -0.4 is 0 Å². The van der Waals surface area contributed by atoms with Crippen molar-refractivity contribution in [2.75, 3.05) is 13.1 Å². The van der Waals surface area contributed by atoms with Gasteiger partial charge < -0.3 is 15.0 Å². The zero-order chi connectivity index (χ0) is 14.0. The van der Waals surface area contributed by atoms with E-state index in [0.717, 1.165) is 10.9 Å². The molecule has 0 saturated carbocycles. The van der Waals surface area contributed by atoms with Gasteiger partial charge in [0.2, 0.25) is 0 Å². The van der Waals surface area contributed by atoms with Gasteiger partial charge >= 0.3 is 0 Å². The Morgan fingerprint density at radius 1 is 1.37 bits per heavy atom. The van der Waals surface area contributed by atoms with Crippen LogP contribution in [0.15, 0.2) is 30.5 Å². The maximum atomic E-state index is 12.4. The van der Waals surface area contributed by atoms with Crippen LogP contribution in [0.2, 0.25) is 0 Å². The summed E-state index contributed by atoms with van der Waals surface area (Å²) in [4.78, 5) is 17.2. The summed E-state index contributed by atoms with van der Waals surface area (Å²) in [6.45, 7) is 6.23. The predicted molar refractivity (Wildman–Crippen MR) is 76.2 cm³/mol. The van der Waals surface area contributed by atoms with Gasteiger partial charge in [-0.2, -0.15) is 0 Å². The molecule has 2 rings (SSSR count). The molecule has 1 amide bonds. The number of carbonyl (C=O) groups is 1. The Bertz CT molecular complexity index is 581. The molecule has 2 N–H and O–H groups in total. The first kappa shape index (κ1) is 13.6. The minimum atomic E-state index is -0.885. The van der Waals surface area contributed by atoms with E-state index in [0.29, 0.717) is 18.7 Å². The number of H-pyrrole nitrogens is 1. The lowest BCUT2D eigenvalue weighted by molar-refractivity contribution is 0.0315. The highest BCUT2D eigenvalue weighted by molar-refractivity contribution is 5.98. The number of nitrogens with zero attached hydrogens (tertiary/aromatic N) is 1. The molecule has 0 atom stereocenters. The molecule has 1 heterocycles. The van der Waals surface area contributed by atoms with Gasteiger partial charge in [-0.25, -0.2) is 0 Å². The van der Waals surface area contributed by atoms with Gasteiger partial charge in [-0.1, -0.05) is 0 Å². The van der Waals surface area contributed by atoms with Gasteiger partial charge in [0.25, 0.3) is 5.91 Å². The number of carbonyl (C=O) groups excluding carboxylic acids is 1. The normalized spacial score (nSPS) is 11.8. The molecule has 0 fully saturated rings. The maximum Gasteiger partial charge on any atom is 0.253 e. The summed E-state index contributed by atoms with van der Waals surface area (Å²) in [5.74, 6) is -0.0484. The highest BCUT2D eigenvalue weighted by Gasteiger charge is 2.22. The van der Waals surface area contributed by atoms with Gasteiger partial charge in [-0.05, 0) is 45.0 Å². The summed E-state index contributed by atoms with van der Waals surface area (Å²) < 4.78 is 0. The molecule has 0 aliphatic heterocycles. The first-order valence-electron chi connectivity index (χ1n) is 6.49. The molecular weight excluding hydrogens is 240 g/mol. The first-order valence-corrected chi connectivity index (χ1v) is 6.49. The molecule has 0 aliphatic rings. The second-order valence-corrected chi connectivity index (χ2v) is 5.41. The molecule has 0 radical (unpaired) electrons. The van der Waals surface area contributed by atoms with E-state index in [2.05, 4.69) is 4.98 Å². The topological polar surface area (TPSA) is 56.3 Å². The second-order valence-electron chi connectivity index (χ2n) is 5.41. The zero-order valence-electron chi connectivity index (χ0n) is 11.6. The van der Waals surface area contributed by atoms with Crippen molar-refractivity contribution in [3.05, 3.63) is 36.0 Å². The van der Waals surface area contributed by atoms with Gasteiger partial charge in [0.1, 0.15) is 0 Å². The number of hydrogen-bond donors (Lipinski definition) is 2. The third-order valence-electron chi connectivity index (χ3n) is 3.05. The molecule has 102 valence electrons. The van der Waals surface area contributed by atoms with Crippen LogP contribution in [0, 0.1) is 0 Å². The van der Waals surface area contributed by atoms with Gasteiger partial charge in [-0.15, -0.1) is 0 Å². The van der Waals surface area contributed by atoms with Crippen molar-refractivity contribution in [2.24, 2.45) is 0 Å².